The predicted octanol–water partition coefficient (Wildman–Crippen LogP) is 2.53. The highest BCUT2D eigenvalue weighted by Crippen LogP contribution is 2.23. The molecule has 11 nitrogen and oxygen atoms in total. The molecule has 0 spiro atoms. The van der Waals surface area contributed by atoms with Gasteiger partial charge in [0, 0.05) is 53.9 Å². The molecule has 1 aliphatic rings. The van der Waals surface area contributed by atoms with Gasteiger partial charge in [-0.3, -0.25) is 9.59 Å². The molecule has 3 N–H and O–H groups in total. The topological polar surface area (TPSA) is 156 Å². The first-order valence-electron chi connectivity index (χ1n) is 13.2. The molecule has 3 aromatic rings. The van der Waals surface area contributed by atoms with Crippen LogP contribution < -0.4 is 14.9 Å². The first-order chi connectivity index (χ1) is 20.1. The van der Waals surface area contributed by atoms with Gasteiger partial charge in [-0.05, 0) is 48.2 Å². The van der Waals surface area contributed by atoms with Gasteiger partial charge in [0.25, 0.3) is 16.1 Å². The molecular weight excluding hydrogens is 576 g/mol. The maximum Gasteiger partial charge on any atom is 0.322 e. The normalized spacial score (nSPS) is 14.5. The number of rotatable bonds is 9. The number of hydrogen-bond acceptors (Lipinski definition) is 8. The van der Waals surface area contributed by atoms with E-state index in [1.165, 1.54) is 15.6 Å². The van der Waals surface area contributed by atoms with Gasteiger partial charge in [0.1, 0.15) is 12.6 Å². The third-order valence-electron chi connectivity index (χ3n) is 6.59. The van der Waals surface area contributed by atoms with Crippen molar-refractivity contribution in [2.45, 2.75) is 19.9 Å². The van der Waals surface area contributed by atoms with Crippen LogP contribution in [0.3, 0.4) is 0 Å². The summed E-state index contributed by atoms with van der Waals surface area (Å²) in [6.45, 7) is 4.66. The lowest BCUT2D eigenvalue weighted by Gasteiger charge is -2.36. The van der Waals surface area contributed by atoms with E-state index < -0.39 is 22.2 Å². The van der Waals surface area contributed by atoms with Gasteiger partial charge in [-0.1, -0.05) is 31.9 Å². The Kier molecular flexibility index (Phi) is 9.93. The second-order valence-electron chi connectivity index (χ2n) is 9.83. The molecule has 1 atom stereocenters. The zero-order valence-electron chi connectivity index (χ0n) is 23.1. The number of carbonyl (C=O) groups excluding carboxylic acids is 1. The Balaban J connectivity index is 1.35. The molecule has 1 saturated heterocycles. The van der Waals surface area contributed by atoms with Crippen molar-refractivity contribution in [3.05, 3.63) is 70.0 Å². The van der Waals surface area contributed by atoms with Crippen molar-refractivity contribution in [3.63, 3.8) is 0 Å². The van der Waals surface area contributed by atoms with Crippen LogP contribution in [0.25, 0.3) is 11.3 Å². The van der Waals surface area contributed by atoms with Crippen molar-refractivity contribution >= 4 is 39.1 Å². The third kappa shape index (κ3) is 7.72. The number of carbonyl (C=O) groups is 2. The van der Waals surface area contributed by atoms with Crippen LogP contribution in [0.4, 0.5) is 5.69 Å². The number of amides is 1. The summed E-state index contributed by atoms with van der Waals surface area (Å²) in [6.07, 6.45) is 0. The molecule has 0 unspecified atom stereocenters. The van der Waals surface area contributed by atoms with Crippen LogP contribution in [0.15, 0.2) is 53.9 Å². The summed E-state index contributed by atoms with van der Waals surface area (Å²) >= 11 is 1.40. The number of nitrogens with zero attached hydrogens (tertiary/aromatic N) is 4. The molecule has 13 heteroatoms. The Bertz CT molecular complexity index is 1640. The predicted molar refractivity (Wildman–Crippen MR) is 160 cm³/mol. The van der Waals surface area contributed by atoms with Gasteiger partial charge in [0.2, 0.25) is 0 Å². The van der Waals surface area contributed by atoms with Crippen molar-refractivity contribution in [2.75, 3.05) is 37.6 Å². The number of benzene rings is 2. The zero-order chi connectivity index (χ0) is 30.3. The van der Waals surface area contributed by atoms with Gasteiger partial charge in [-0.25, -0.2) is 4.98 Å². The second kappa shape index (κ2) is 13.6. The molecule has 2 aromatic carbocycles. The molecule has 218 valence electrons. The van der Waals surface area contributed by atoms with E-state index in [4.69, 9.17) is 5.26 Å². The minimum absolute atomic E-state index is 0.0613. The van der Waals surface area contributed by atoms with Crippen LogP contribution >= 0.6 is 11.3 Å². The van der Waals surface area contributed by atoms with Crippen LogP contribution in [0.5, 0.6) is 0 Å². The van der Waals surface area contributed by atoms with E-state index in [1.54, 1.807) is 32.0 Å². The Morgan fingerprint density at radius 1 is 1.10 bits per heavy atom. The molecule has 1 aliphatic heterocycles. The molecule has 1 aromatic heterocycles. The van der Waals surface area contributed by atoms with Crippen molar-refractivity contribution in [2.24, 2.45) is 5.92 Å². The van der Waals surface area contributed by atoms with Gasteiger partial charge in [-0.15, -0.1) is 11.3 Å². The number of nitriles is 1. The fourth-order valence-electron chi connectivity index (χ4n) is 4.28. The zero-order valence-corrected chi connectivity index (χ0v) is 24.7. The van der Waals surface area contributed by atoms with Gasteiger partial charge in [-0.2, -0.15) is 22.7 Å². The SMILES string of the molecule is CC(C)[C@@H](NS(=O)(=O)N1CCN(c2ccc(C#Cc3nc(-c4cccc(C(=O)NCC#N)c4)cs3)cc2)CC1)C(=O)O. The van der Waals surface area contributed by atoms with E-state index in [9.17, 15) is 23.1 Å². The molecule has 0 saturated carbocycles. The molecule has 0 aliphatic carbocycles. The number of nitrogens with one attached hydrogen (secondary N) is 2. The maximum atomic E-state index is 12.7. The minimum Gasteiger partial charge on any atom is -0.480 e. The Morgan fingerprint density at radius 3 is 2.45 bits per heavy atom. The average molecular weight is 607 g/mol. The van der Waals surface area contributed by atoms with E-state index in [2.05, 4.69) is 31.8 Å². The fourth-order valence-corrected chi connectivity index (χ4v) is 6.44. The molecule has 0 radical (unpaired) electrons. The number of aliphatic carboxylic acids is 1. The summed E-state index contributed by atoms with van der Waals surface area (Å²) in [6, 6.07) is 15.4. The summed E-state index contributed by atoms with van der Waals surface area (Å²) in [5, 5.41) is 23.0. The molecule has 0 bridgehead atoms. The molecule has 4 rings (SSSR count). The van der Waals surface area contributed by atoms with Crippen molar-refractivity contribution in [1.29, 1.82) is 5.26 Å². The standard InChI is InChI=1S/C29H30N6O5S2/c1-20(2)27(29(37)38)33-42(39,40)35-16-14-34(15-17-35)24-9-6-21(7-10-24)8-11-26-32-25(19-41-26)22-4-3-5-23(18-22)28(36)31-13-12-30/h3-7,9-10,18-20,27,33H,13-17H2,1-2H3,(H,31,36)(H,37,38)/t27-/m1/s1. The number of aromatic nitrogens is 1. The van der Waals surface area contributed by atoms with Gasteiger partial charge in [0.05, 0.1) is 11.8 Å². The number of hydrogen-bond donors (Lipinski definition) is 3. The van der Waals surface area contributed by atoms with Crippen LogP contribution in [-0.4, -0.2) is 73.5 Å². The first-order valence-corrected chi connectivity index (χ1v) is 15.5. The summed E-state index contributed by atoms with van der Waals surface area (Å²) in [5.41, 5.74) is 3.66. The Labute approximate surface area is 249 Å². The lowest BCUT2D eigenvalue weighted by Crippen LogP contribution is -2.55. The summed E-state index contributed by atoms with van der Waals surface area (Å²) < 4.78 is 29.0. The van der Waals surface area contributed by atoms with Gasteiger partial charge in [0.15, 0.2) is 5.01 Å². The minimum atomic E-state index is -3.92. The van der Waals surface area contributed by atoms with Crippen LogP contribution in [0.2, 0.25) is 0 Å². The monoisotopic (exact) mass is 606 g/mol. The number of piperazine rings is 1. The number of carboxylic acid groups (broad SMARTS) is 1. The third-order valence-corrected chi connectivity index (χ3v) is 8.94. The quantitative estimate of drug-likeness (QED) is 0.248. The molecular formula is C29H30N6O5S2. The first kappa shape index (κ1) is 30.7. The number of anilines is 1. The molecule has 1 fully saturated rings. The Morgan fingerprint density at radius 2 is 1.81 bits per heavy atom. The largest absolute Gasteiger partial charge is 0.480 e. The summed E-state index contributed by atoms with van der Waals surface area (Å²) in [5.74, 6) is 4.28. The molecule has 42 heavy (non-hydrogen) atoms. The molecule has 1 amide bonds. The Hall–Kier alpha value is -4.27. The van der Waals surface area contributed by atoms with Gasteiger partial charge < -0.3 is 15.3 Å². The average Bonchev–Trinajstić information content (AvgIpc) is 3.47. The van der Waals surface area contributed by atoms with E-state index in [-0.39, 0.29) is 31.5 Å². The summed E-state index contributed by atoms with van der Waals surface area (Å²) in [4.78, 5) is 30.2. The fraction of sp³-hybridized carbons (Fsp3) is 0.310. The van der Waals surface area contributed by atoms with Crippen LogP contribution in [0.1, 0.15) is 34.8 Å². The highest BCUT2D eigenvalue weighted by atomic mass is 32.2. The van der Waals surface area contributed by atoms with E-state index >= 15 is 0 Å². The van der Waals surface area contributed by atoms with Crippen LogP contribution in [-0.2, 0) is 15.0 Å². The lowest BCUT2D eigenvalue weighted by atomic mass is 10.1. The van der Waals surface area contributed by atoms with Gasteiger partial charge >= 0.3 is 5.97 Å². The van der Waals surface area contributed by atoms with Crippen LogP contribution in [0, 0.1) is 29.1 Å². The van der Waals surface area contributed by atoms with Crippen molar-refractivity contribution < 1.29 is 23.1 Å². The van der Waals surface area contributed by atoms with Crippen molar-refractivity contribution in [3.8, 4) is 29.2 Å². The lowest BCUT2D eigenvalue weighted by molar-refractivity contribution is -0.140. The maximum absolute atomic E-state index is 12.7. The molecule has 2 heterocycles. The highest BCUT2D eigenvalue weighted by Gasteiger charge is 2.33. The second-order valence-corrected chi connectivity index (χ2v) is 12.4. The smallest absolute Gasteiger partial charge is 0.322 e. The number of thiazole rings is 1. The highest BCUT2D eigenvalue weighted by molar-refractivity contribution is 7.87. The van der Waals surface area contributed by atoms with Crippen molar-refractivity contribution in [1.82, 2.24) is 19.3 Å². The summed E-state index contributed by atoms with van der Waals surface area (Å²) in [7, 11) is -3.92. The van der Waals surface area contributed by atoms with E-state index in [0.29, 0.717) is 29.4 Å². The van der Waals surface area contributed by atoms with E-state index in [1.807, 2.05) is 41.8 Å². The van der Waals surface area contributed by atoms with E-state index in [0.717, 1.165) is 16.8 Å². The number of carboxylic acids is 1.